The molecule has 3 rings (SSSR count). The quantitative estimate of drug-likeness (QED) is 0.671. The molecule has 2 amide bonds. The van der Waals surface area contributed by atoms with Gasteiger partial charge in [0.05, 0.1) is 5.75 Å². The van der Waals surface area contributed by atoms with Gasteiger partial charge in [-0.1, -0.05) is 38.0 Å². The summed E-state index contributed by atoms with van der Waals surface area (Å²) in [5.74, 6) is -1.15. The van der Waals surface area contributed by atoms with Crippen LogP contribution in [0.5, 0.6) is 0 Å². The highest BCUT2D eigenvalue weighted by Crippen LogP contribution is 2.29. The van der Waals surface area contributed by atoms with Crippen molar-refractivity contribution in [2.75, 3.05) is 28.3 Å². The minimum Gasteiger partial charge on any atom is -0.325 e. The van der Waals surface area contributed by atoms with Crippen LogP contribution in [-0.4, -0.2) is 38.3 Å². The van der Waals surface area contributed by atoms with Crippen molar-refractivity contribution < 1.29 is 18.0 Å². The van der Waals surface area contributed by atoms with Crippen LogP contribution in [0.3, 0.4) is 0 Å². The molecule has 7 heteroatoms. The number of benzene rings is 2. The minimum absolute atomic E-state index is 0.0268. The van der Waals surface area contributed by atoms with Crippen LogP contribution in [0.1, 0.15) is 42.1 Å². The summed E-state index contributed by atoms with van der Waals surface area (Å²) < 4.78 is 24.0. The average Bonchev–Trinajstić information content (AvgIpc) is 3.12. The van der Waals surface area contributed by atoms with E-state index in [0.717, 1.165) is 30.5 Å². The summed E-state index contributed by atoms with van der Waals surface area (Å²) in [5.41, 5.74) is 3.08. The van der Waals surface area contributed by atoms with E-state index >= 15 is 0 Å². The van der Waals surface area contributed by atoms with Crippen LogP contribution in [0, 0.1) is 0 Å². The molecule has 0 saturated heterocycles. The highest BCUT2D eigenvalue weighted by molar-refractivity contribution is 7.92. The van der Waals surface area contributed by atoms with Crippen molar-refractivity contribution in [1.82, 2.24) is 0 Å². The molecular weight excluding hydrogens is 388 g/mol. The Morgan fingerprint density at radius 1 is 1.03 bits per heavy atom. The molecule has 0 radical (unpaired) electrons. The zero-order chi connectivity index (χ0) is 20.9. The maximum Gasteiger partial charge on any atom is 0.258 e. The van der Waals surface area contributed by atoms with Crippen molar-refractivity contribution >= 4 is 33.0 Å². The van der Waals surface area contributed by atoms with Gasteiger partial charge in [0.15, 0.2) is 9.84 Å². The summed E-state index contributed by atoms with van der Waals surface area (Å²) in [6.45, 7) is 2.64. The Balaban J connectivity index is 1.59. The molecule has 0 fully saturated rings. The smallest absolute Gasteiger partial charge is 0.258 e. The molecule has 0 aromatic heterocycles. The van der Waals surface area contributed by atoms with Gasteiger partial charge in [-0.05, 0) is 48.7 Å². The van der Waals surface area contributed by atoms with E-state index in [-0.39, 0.29) is 11.7 Å². The number of para-hydroxylation sites is 1. The first-order valence-electron chi connectivity index (χ1n) is 9.90. The fraction of sp³-hybridized carbons (Fsp3) is 0.364. The lowest BCUT2D eigenvalue weighted by Crippen LogP contribution is -2.28. The normalized spacial score (nSPS) is 13.2. The maximum absolute atomic E-state index is 12.8. The maximum atomic E-state index is 12.8. The summed E-state index contributed by atoms with van der Waals surface area (Å²) >= 11 is 0. The zero-order valence-electron chi connectivity index (χ0n) is 16.6. The highest BCUT2D eigenvalue weighted by atomic mass is 32.2. The number of hydrogen-bond donors (Lipinski definition) is 1. The third-order valence-electron chi connectivity index (χ3n) is 4.96. The molecule has 0 bridgehead atoms. The van der Waals surface area contributed by atoms with Gasteiger partial charge in [0.1, 0.15) is 5.75 Å². The van der Waals surface area contributed by atoms with Gasteiger partial charge in [-0.2, -0.15) is 0 Å². The number of nitrogens with one attached hydrogen (secondary N) is 1. The van der Waals surface area contributed by atoms with E-state index in [9.17, 15) is 18.0 Å². The molecule has 2 aromatic carbocycles. The average molecular weight is 415 g/mol. The molecule has 1 N–H and O–H groups in total. The van der Waals surface area contributed by atoms with E-state index in [0.29, 0.717) is 24.2 Å². The van der Waals surface area contributed by atoms with E-state index in [1.54, 1.807) is 29.2 Å². The largest absolute Gasteiger partial charge is 0.325 e. The van der Waals surface area contributed by atoms with E-state index in [1.807, 2.05) is 31.2 Å². The second kappa shape index (κ2) is 9.22. The number of unbranched alkanes of at least 4 members (excludes halogenated alkanes) is 2. The fourth-order valence-corrected chi connectivity index (χ4v) is 4.70. The molecule has 1 aliphatic heterocycles. The van der Waals surface area contributed by atoms with E-state index in [1.165, 1.54) is 0 Å². The lowest BCUT2D eigenvalue weighted by Gasteiger charge is -2.17. The lowest BCUT2D eigenvalue weighted by atomic mass is 10.1. The van der Waals surface area contributed by atoms with Gasteiger partial charge in [0.25, 0.3) is 5.91 Å². The predicted molar refractivity (Wildman–Crippen MR) is 115 cm³/mol. The number of nitrogens with zero attached hydrogens (tertiary/aromatic N) is 1. The van der Waals surface area contributed by atoms with Gasteiger partial charge < -0.3 is 10.2 Å². The molecule has 0 atom stereocenters. The van der Waals surface area contributed by atoms with Gasteiger partial charge in [0, 0.05) is 23.5 Å². The highest BCUT2D eigenvalue weighted by Gasteiger charge is 2.25. The Labute approximate surface area is 171 Å². The van der Waals surface area contributed by atoms with E-state index in [2.05, 4.69) is 5.32 Å². The Morgan fingerprint density at radius 2 is 1.76 bits per heavy atom. The van der Waals surface area contributed by atoms with Gasteiger partial charge in [-0.15, -0.1) is 0 Å². The van der Waals surface area contributed by atoms with Crippen molar-refractivity contribution in [3.8, 4) is 0 Å². The van der Waals surface area contributed by atoms with Crippen molar-refractivity contribution in [1.29, 1.82) is 0 Å². The Kier molecular flexibility index (Phi) is 6.69. The number of anilines is 2. The molecule has 0 saturated carbocycles. The SMILES string of the molecule is CCCCCS(=O)(=O)CC(=O)Nc1ccc(C(=O)N2CCc3ccccc32)cc1. The summed E-state index contributed by atoms with van der Waals surface area (Å²) in [5, 5.41) is 2.60. The van der Waals surface area contributed by atoms with Crippen LogP contribution in [-0.2, 0) is 21.1 Å². The van der Waals surface area contributed by atoms with Crippen LogP contribution in [0.15, 0.2) is 48.5 Å². The van der Waals surface area contributed by atoms with E-state index < -0.39 is 21.5 Å². The molecule has 29 heavy (non-hydrogen) atoms. The first-order valence-corrected chi connectivity index (χ1v) is 11.7. The van der Waals surface area contributed by atoms with Crippen LogP contribution >= 0.6 is 0 Å². The van der Waals surface area contributed by atoms with Crippen molar-refractivity contribution in [2.24, 2.45) is 0 Å². The summed E-state index contributed by atoms with van der Waals surface area (Å²) in [4.78, 5) is 26.6. The second-order valence-electron chi connectivity index (χ2n) is 7.26. The third kappa shape index (κ3) is 5.44. The number of carbonyl (C=O) groups is 2. The summed E-state index contributed by atoms with van der Waals surface area (Å²) in [6.07, 6.45) is 3.17. The van der Waals surface area contributed by atoms with Crippen molar-refractivity contribution in [3.05, 3.63) is 59.7 Å². The number of rotatable bonds is 8. The Hall–Kier alpha value is -2.67. The van der Waals surface area contributed by atoms with Crippen LogP contribution in [0.4, 0.5) is 11.4 Å². The van der Waals surface area contributed by atoms with Gasteiger partial charge in [0.2, 0.25) is 5.91 Å². The van der Waals surface area contributed by atoms with Gasteiger partial charge in [-0.3, -0.25) is 9.59 Å². The molecular formula is C22H26N2O4S. The molecule has 1 aliphatic rings. The number of carbonyl (C=O) groups excluding carboxylic acids is 2. The predicted octanol–water partition coefficient (Wildman–Crippen LogP) is 3.43. The topological polar surface area (TPSA) is 83.5 Å². The third-order valence-corrected chi connectivity index (χ3v) is 6.57. The summed E-state index contributed by atoms with van der Waals surface area (Å²) in [7, 11) is -3.41. The van der Waals surface area contributed by atoms with Crippen molar-refractivity contribution in [3.63, 3.8) is 0 Å². The molecule has 1 heterocycles. The number of hydrogen-bond acceptors (Lipinski definition) is 4. The number of sulfone groups is 1. The molecule has 0 aliphatic carbocycles. The molecule has 2 aromatic rings. The van der Waals surface area contributed by atoms with Crippen LogP contribution in [0.25, 0.3) is 0 Å². The first-order chi connectivity index (χ1) is 13.9. The Morgan fingerprint density at radius 3 is 2.48 bits per heavy atom. The first kappa shape index (κ1) is 21.0. The standard InChI is InChI=1S/C22H26N2O4S/c1-2-3-6-15-29(27,28)16-21(25)23-19-11-9-18(10-12-19)22(26)24-14-13-17-7-4-5-8-20(17)24/h4-5,7-12H,2-3,6,13-16H2,1H3,(H,23,25). The van der Waals surface area contributed by atoms with Crippen molar-refractivity contribution in [2.45, 2.75) is 32.6 Å². The van der Waals surface area contributed by atoms with E-state index in [4.69, 9.17) is 0 Å². The van der Waals surface area contributed by atoms with Gasteiger partial charge in [-0.25, -0.2) is 8.42 Å². The Bertz CT molecular complexity index is 984. The second-order valence-corrected chi connectivity index (χ2v) is 9.44. The molecule has 0 spiro atoms. The summed E-state index contributed by atoms with van der Waals surface area (Å²) in [6, 6.07) is 14.4. The molecule has 0 unspecified atom stereocenters. The van der Waals surface area contributed by atoms with Crippen LogP contribution < -0.4 is 10.2 Å². The monoisotopic (exact) mass is 414 g/mol. The lowest BCUT2D eigenvalue weighted by molar-refractivity contribution is -0.113. The van der Waals surface area contributed by atoms with Crippen LogP contribution in [0.2, 0.25) is 0 Å². The fourth-order valence-electron chi connectivity index (χ4n) is 3.44. The van der Waals surface area contributed by atoms with Gasteiger partial charge >= 0.3 is 0 Å². The molecule has 6 nitrogen and oxygen atoms in total. The number of fused-ring (bicyclic) bond motifs is 1. The minimum atomic E-state index is -3.41. The zero-order valence-corrected chi connectivity index (χ0v) is 17.4. The molecule has 154 valence electrons. The number of amides is 2.